The monoisotopic (exact) mass is 368 g/mol. The minimum Gasteiger partial charge on any atom is -0.543 e. The first-order valence-corrected chi connectivity index (χ1v) is 12.0. The molecular formula is C22H28O3Si. The van der Waals surface area contributed by atoms with E-state index in [1.54, 1.807) is 0 Å². The van der Waals surface area contributed by atoms with Crippen LogP contribution in [0.3, 0.4) is 0 Å². The van der Waals surface area contributed by atoms with Crippen molar-refractivity contribution in [3.05, 3.63) is 51.2 Å². The van der Waals surface area contributed by atoms with Gasteiger partial charge in [0.1, 0.15) is 16.9 Å². The highest BCUT2D eigenvalue weighted by atomic mass is 28.4. The topological polar surface area (TPSA) is 39.4 Å². The second-order valence-electron chi connectivity index (χ2n) is 8.74. The van der Waals surface area contributed by atoms with Crippen LogP contribution in [-0.4, -0.2) is 8.32 Å². The second kappa shape index (κ2) is 5.98. The molecule has 0 radical (unpaired) electrons. The molecule has 0 bridgehead atoms. The first kappa shape index (κ1) is 18.7. The van der Waals surface area contributed by atoms with Crippen LogP contribution < -0.4 is 9.85 Å². The van der Waals surface area contributed by atoms with Gasteiger partial charge in [-0.1, -0.05) is 26.8 Å². The van der Waals surface area contributed by atoms with Crippen molar-refractivity contribution in [1.29, 1.82) is 0 Å². The van der Waals surface area contributed by atoms with Crippen LogP contribution in [0.2, 0.25) is 18.1 Å². The molecule has 138 valence electrons. The molecule has 26 heavy (non-hydrogen) atoms. The van der Waals surface area contributed by atoms with E-state index in [9.17, 15) is 4.79 Å². The van der Waals surface area contributed by atoms with E-state index >= 15 is 0 Å². The average molecular weight is 369 g/mol. The highest BCUT2D eigenvalue weighted by Gasteiger charge is 2.39. The zero-order chi connectivity index (χ0) is 19.4. The SMILES string of the molecule is Cc1ccc2c(=O)c3ccc(O[Si](C)(C)C(C)(C)C)c(C)c3oc2c1C. The fourth-order valence-corrected chi connectivity index (χ4v) is 3.95. The number of aryl methyl sites for hydroxylation is 3. The van der Waals surface area contributed by atoms with E-state index < -0.39 is 8.32 Å². The predicted octanol–water partition coefficient (Wildman–Crippen LogP) is 6.26. The Hall–Kier alpha value is -2.07. The number of hydrogen-bond acceptors (Lipinski definition) is 3. The Balaban J connectivity index is 2.28. The Morgan fingerprint density at radius 1 is 0.885 bits per heavy atom. The fraction of sp³-hybridized carbons (Fsp3) is 0.409. The van der Waals surface area contributed by atoms with E-state index in [2.05, 4.69) is 33.9 Å². The average Bonchev–Trinajstić information content (AvgIpc) is 2.53. The first-order chi connectivity index (χ1) is 11.9. The summed E-state index contributed by atoms with van der Waals surface area (Å²) in [5.41, 5.74) is 4.35. The van der Waals surface area contributed by atoms with Gasteiger partial charge in [0, 0.05) is 5.56 Å². The van der Waals surface area contributed by atoms with E-state index in [0.29, 0.717) is 21.9 Å². The molecule has 2 aromatic carbocycles. The molecule has 0 aliphatic heterocycles. The van der Waals surface area contributed by atoms with Crippen LogP contribution in [0.25, 0.3) is 21.9 Å². The third-order valence-electron chi connectivity index (χ3n) is 5.90. The van der Waals surface area contributed by atoms with Crippen LogP contribution in [0.4, 0.5) is 0 Å². The molecular weight excluding hydrogens is 340 g/mol. The van der Waals surface area contributed by atoms with Crippen molar-refractivity contribution in [1.82, 2.24) is 0 Å². The maximum atomic E-state index is 13.0. The zero-order valence-electron chi connectivity index (χ0n) is 17.0. The highest BCUT2D eigenvalue weighted by molar-refractivity contribution is 6.74. The number of benzene rings is 2. The molecule has 0 N–H and O–H groups in total. The number of hydrogen-bond donors (Lipinski definition) is 0. The van der Waals surface area contributed by atoms with Gasteiger partial charge in [0.15, 0.2) is 0 Å². The molecule has 1 aromatic heterocycles. The van der Waals surface area contributed by atoms with E-state index in [1.807, 2.05) is 45.0 Å². The van der Waals surface area contributed by atoms with Crippen molar-refractivity contribution in [2.24, 2.45) is 0 Å². The van der Waals surface area contributed by atoms with Crippen LogP contribution in [-0.2, 0) is 0 Å². The second-order valence-corrected chi connectivity index (χ2v) is 13.5. The molecule has 0 aliphatic rings. The van der Waals surface area contributed by atoms with Crippen molar-refractivity contribution in [2.45, 2.75) is 59.7 Å². The quantitative estimate of drug-likeness (QED) is 0.396. The summed E-state index contributed by atoms with van der Waals surface area (Å²) in [6, 6.07) is 7.59. The summed E-state index contributed by atoms with van der Waals surface area (Å²) >= 11 is 0. The molecule has 1 heterocycles. The third-order valence-corrected chi connectivity index (χ3v) is 10.2. The largest absolute Gasteiger partial charge is 0.543 e. The van der Waals surface area contributed by atoms with E-state index in [0.717, 1.165) is 22.4 Å². The van der Waals surface area contributed by atoms with Gasteiger partial charge in [0.25, 0.3) is 0 Å². The molecule has 0 saturated carbocycles. The Kier molecular flexibility index (Phi) is 4.30. The van der Waals surface area contributed by atoms with Crippen LogP contribution >= 0.6 is 0 Å². The lowest BCUT2D eigenvalue weighted by Gasteiger charge is -2.36. The standard InChI is InChI=1S/C22H28O3Si/c1-13-9-10-16-19(23)17-11-12-18(25-26(7,8)22(4,5)6)15(3)21(17)24-20(16)14(13)2/h9-12H,1-8H3. The smallest absolute Gasteiger partial charge is 0.250 e. The lowest BCUT2D eigenvalue weighted by Crippen LogP contribution is -2.44. The van der Waals surface area contributed by atoms with Crippen molar-refractivity contribution < 1.29 is 8.84 Å². The van der Waals surface area contributed by atoms with Gasteiger partial charge in [-0.25, -0.2) is 0 Å². The summed E-state index contributed by atoms with van der Waals surface area (Å²) in [4.78, 5) is 13.0. The van der Waals surface area contributed by atoms with Gasteiger partial charge in [0.05, 0.1) is 10.8 Å². The Morgan fingerprint density at radius 3 is 2.00 bits per heavy atom. The molecule has 0 fully saturated rings. The predicted molar refractivity (Wildman–Crippen MR) is 112 cm³/mol. The van der Waals surface area contributed by atoms with E-state index in [-0.39, 0.29) is 10.5 Å². The molecule has 0 saturated heterocycles. The lowest BCUT2D eigenvalue weighted by atomic mass is 10.0. The van der Waals surface area contributed by atoms with Crippen LogP contribution in [0.1, 0.15) is 37.5 Å². The number of rotatable bonds is 2. The summed E-state index contributed by atoms with van der Waals surface area (Å²) in [6.07, 6.45) is 0. The van der Waals surface area contributed by atoms with Gasteiger partial charge in [-0.2, -0.15) is 0 Å². The molecule has 0 amide bonds. The summed E-state index contributed by atoms with van der Waals surface area (Å²) in [5.74, 6) is 0.817. The molecule has 3 aromatic rings. The van der Waals surface area contributed by atoms with Gasteiger partial charge in [-0.05, 0) is 68.2 Å². The maximum absolute atomic E-state index is 13.0. The Morgan fingerprint density at radius 2 is 1.42 bits per heavy atom. The van der Waals surface area contributed by atoms with Crippen LogP contribution in [0.5, 0.6) is 5.75 Å². The number of fused-ring (bicyclic) bond motifs is 2. The van der Waals surface area contributed by atoms with Crippen molar-refractivity contribution >= 4 is 30.3 Å². The van der Waals surface area contributed by atoms with Crippen molar-refractivity contribution in [2.75, 3.05) is 0 Å². The summed E-state index contributed by atoms with van der Waals surface area (Å²) in [7, 11) is -1.97. The van der Waals surface area contributed by atoms with Gasteiger partial charge in [-0.15, -0.1) is 0 Å². The molecule has 0 spiro atoms. The van der Waals surface area contributed by atoms with Crippen molar-refractivity contribution in [3.8, 4) is 5.75 Å². The lowest BCUT2D eigenvalue weighted by molar-refractivity contribution is 0.488. The Labute approximate surface area is 156 Å². The molecule has 0 aliphatic carbocycles. The molecule has 4 heteroatoms. The molecule has 3 rings (SSSR count). The third kappa shape index (κ3) is 2.86. The Bertz CT molecular complexity index is 1070. The summed E-state index contributed by atoms with van der Waals surface area (Å²) in [6.45, 7) is 17.1. The fourth-order valence-electron chi connectivity index (χ4n) is 2.87. The van der Waals surface area contributed by atoms with E-state index in [1.165, 1.54) is 0 Å². The zero-order valence-corrected chi connectivity index (χ0v) is 18.0. The normalized spacial score (nSPS) is 12.8. The minimum absolute atomic E-state index is 0.0197. The minimum atomic E-state index is -1.97. The van der Waals surface area contributed by atoms with Crippen LogP contribution in [0, 0.1) is 20.8 Å². The maximum Gasteiger partial charge on any atom is 0.250 e. The first-order valence-electron chi connectivity index (χ1n) is 9.09. The molecule has 0 atom stereocenters. The summed E-state index contributed by atoms with van der Waals surface area (Å²) in [5, 5.41) is 1.35. The van der Waals surface area contributed by atoms with Gasteiger partial charge >= 0.3 is 0 Å². The molecule has 0 unspecified atom stereocenters. The van der Waals surface area contributed by atoms with Crippen LogP contribution in [0.15, 0.2) is 33.5 Å². The molecule has 3 nitrogen and oxygen atoms in total. The summed E-state index contributed by atoms with van der Waals surface area (Å²) < 4.78 is 12.7. The van der Waals surface area contributed by atoms with Crippen molar-refractivity contribution in [3.63, 3.8) is 0 Å². The van der Waals surface area contributed by atoms with Gasteiger partial charge in [0.2, 0.25) is 13.7 Å². The highest BCUT2D eigenvalue weighted by Crippen LogP contribution is 2.39. The van der Waals surface area contributed by atoms with Gasteiger partial charge < -0.3 is 8.84 Å². The van der Waals surface area contributed by atoms with E-state index in [4.69, 9.17) is 8.84 Å². The van der Waals surface area contributed by atoms with Gasteiger partial charge in [-0.3, -0.25) is 4.79 Å².